The summed E-state index contributed by atoms with van der Waals surface area (Å²) in [5.41, 5.74) is 1.98. The molecule has 0 aliphatic carbocycles. The standard InChI is InChI=1S/C16H22N2O3/c1-2-13-5-3-4-6-14(13)17-16(21)18-10-9-12(11-18)7-8-15(19)20/h3-6,12H,2,7-11H2,1H3,(H,17,21)(H,19,20). The van der Waals surface area contributed by atoms with Crippen LogP contribution in [-0.2, 0) is 11.2 Å². The second kappa shape index (κ2) is 7.11. The molecule has 1 unspecified atom stereocenters. The Hall–Kier alpha value is -2.04. The van der Waals surface area contributed by atoms with Gasteiger partial charge in [-0.3, -0.25) is 4.79 Å². The number of nitrogens with zero attached hydrogens (tertiary/aromatic N) is 1. The number of aliphatic carboxylic acids is 1. The molecule has 2 rings (SSSR count). The van der Waals surface area contributed by atoms with E-state index in [1.807, 2.05) is 24.3 Å². The molecule has 0 aromatic heterocycles. The fourth-order valence-electron chi connectivity index (χ4n) is 2.73. The minimum absolute atomic E-state index is 0.0891. The van der Waals surface area contributed by atoms with Crippen molar-refractivity contribution in [3.05, 3.63) is 29.8 Å². The zero-order chi connectivity index (χ0) is 15.2. The molecule has 0 saturated carbocycles. The number of hydrogen-bond acceptors (Lipinski definition) is 2. The van der Waals surface area contributed by atoms with Crippen molar-refractivity contribution >= 4 is 17.7 Å². The Morgan fingerprint density at radius 2 is 2.14 bits per heavy atom. The normalized spacial score (nSPS) is 17.8. The number of amides is 2. The van der Waals surface area contributed by atoms with Gasteiger partial charge in [-0.05, 0) is 36.8 Å². The van der Waals surface area contributed by atoms with Gasteiger partial charge in [-0.2, -0.15) is 0 Å². The van der Waals surface area contributed by atoms with Crippen LogP contribution in [-0.4, -0.2) is 35.1 Å². The Balaban J connectivity index is 1.88. The highest BCUT2D eigenvalue weighted by Crippen LogP contribution is 2.23. The summed E-state index contributed by atoms with van der Waals surface area (Å²) in [6.45, 7) is 3.40. The molecule has 114 valence electrons. The number of likely N-dealkylation sites (tertiary alicyclic amines) is 1. The SMILES string of the molecule is CCc1ccccc1NC(=O)N1CCC(CCC(=O)O)C1. The van der Waals surface area contributed by atoms with E-state index in [0.29, 0.717) is 25.4 Å². The molecule has 1 fully saturated rings. The van der Waals surface area contributed by atoms with Crippen molar-refractivity contribution in [1.29, 1.82) is 0 Å². The predicted octanol–water partition coefficient (Wildman–Crippen LogP) is 2.97. The summed E-state index contributed by atoms with van der Waals surface area (Å²) in [5, 5.41) is 11.7. The molecule has 1 aromatic carbocycles. The smallest absolute Gasteiger partial charge is 0.321 e. The number of nitrogens with one attached hydrogen (secondary N) is 1. The Kier molecular flexibility index (Phi) is 5.20. The molecule has 0 spiro atoms. The molecule has 5 nitrogen and oxygen atoms in total. The van der Waals surface area contributed by atoms with E-state index in [9.17, 15) is 9.59 Å². The fraction of sp³-hybridized carbons (Fsp3) is 0.500. The van der Waals surface area contributed by atoms with Gasteiger partial charge in [0.2, 0.25) is 0 Å². The first-order chi connectivity index (χ1) is 10.1. The number of benzene rings is 1. The summed E-state index contributed by atoms with van der Waals surface area (Å²) in [7, 11) is 0. The topological polar surface area (TPSA) is 69.6 Å². The summed E-state index contributed by atoms with van der Waals surface area (Å²) in [4.78, 5) is 24.6. The first kappa shape index (κ1) is 15.4. The molecular weight excluding hydrogens is 268 g/mol. The molecule has 21 heavy (non-hydrogen) atoms. The van der Waals surface area contributed by atoms with Crippen molar-refractivity contribution in [2.45, 2.75) is 32.6 Å². The first-order valence-electron chi connectivity index (χ1n) is 7.45. The van der Waals surface area contributed by atoms with Crippen LogP contribution in [0, 0.1) is 5.92 Å². The van der Waals surface area contributed by atoms with Gasteiger partial charge in [-0.15, -0.1) is 0 Å². The van der Waals surface area contributed by atoms with Gasteiger partial charge in [0.25, 0.3) is 0 Å². The molecule has 5 heteroatoms. The maximum absolute atomic E-state index is 12.3. The molecule has 1 atom stereocenters. The van der Waals surface area contributed by atoms with Crippen LogP contribution >= 0.6 is 0 Å². The molecule has 2 N–H and O–H groups in total. The third-order valence-corrected chi connectivity index (χ3v) is 3.98. The quantitative estimate of drug-likeness (QED) is 0.876. The number of carboxylic acids is 1. The van der Waals surface area contributed by atoms with Crippen LogP contribution in [0.15, 0.2) is 24.3 Å². The number of aryl methyl sites for hydroxylation is 1. The van der Waals surface area contributed by atoms with E-state index >= 15 is 0 Å². The molecule has 1 aromatic rings. The minimum atomic E-state index is -0.769. The van der Waals surface area contributed by atoms with Crippen LogP contribution in [0.5, 0.6) is 0 Å². The average molecular weight is 290 g/mol. The number of rotatable bonds is 5. The van der Waals surface area contributed by atoms with E-state index in [0.717, 1.165) is 24.1 Å². The number of hydrogen-bond donors (Lipinski definition) is 2. The lowest BCUT2D eigenvalue weighted by Crippen LogP contribution is -2.33. The lowest BCUT2D eigenvalue weighted by Gasteiger charge is -2.18. The number of urea groups is 1. The van der Waals surface area contributed by atoms with E-state index in [2.05, 4.69) is 12.2 Å². The molecule has 0 bridgehead atoms. The lowest BCUT2D eigenvalue weighted by molar-refractivity contribution is -0.137. The number of carbonyl (C=O) groups is 2. The zero-order valence-electron chi connectivity index (χ0n) is 12.3. The Bertz CT molecular complexity index is 516. The summed E-state index contributed by atoms with van der Waals surface area (Å²) in [5.74, 6) is -0.469. The third kappa shape index (κ3) is 4.21. The number of anilines is 1. The van der Waals surface area contributed by atoms with Gasteiger partial charge in [0.05, 0.1) is 0 Å². The molecular formula is C16H22N2O3. The summed E-state index contributed by atoms with van der Waals surface area (Å²) in [6, 6.07) is 7.71. The Morgan fingerprint density at radius 1 is 1.38 bits per heavy atom. The van der Waals surface area contributed by atoms with E-state index in [4.69, 9.17) is 5.11 Å². The molecule has 1 heterocycles. The maximum Gasteiger partial charge on any atom is 0.321 e. The molecule has 2 amide bonds. The summed E-state index contributed by atoms with van der Waals surface area (Å²) >= 11 is 0. The Morgan fingerprint density at radius 3 is 2.86 bits per heavy atom. The van der Waals surface area contributed by atoms with Gasteiger partial charge in [-0.1, -0.05) is 25.1 Å². The van der Waals surface area contributed by atoms with Gasteiger partial charge >= 0.3 is 12.0 Å². The number of carbonyl (C=O) groups excluding carboxylic acids is 1. The van der Waals surface area contributed by atoms with Crippen molar-refractivity contribution in [2.75, 3.05) is 18.4 Å². The fourth-order valence-corrected chi connectivity index (χ4v) is 2.73. The Labute approximate surface area is 125 Å². The summed E-state index contributed by atoms with van der Waals surface area (Å²) in [6.07, 6.45) is 2.58. The van der Waals surface area contributed by atoms with Crippen molar-refractivity contribution in [2.24, 2.45) is 5.92 Å². The molecule has 1 saturated heterocycles. The summed E-state index contributed by atoms with van der Waals surface area (Å²) < 4.78 is 0. The highest BCUT2D eigenvalue weighted by Gasteiger charge is 2.26. The van der Waals surface area contributed by atoms with Crippen LogP contribution in [0.25, 0.3) is 0 Å². The van der Waals surface area contributed by atoms with Gasteiger partial charge in [-0.25, -0.2) is 4.79 Å². The van der Waals surface area contributed by atoms with Gasteiger partial charge in [0.1, 0.15) is 0 Å². The number of para-hydroxylation sites is 1. The molecule has 1 aliphatic rings. The minimum Gasteiger partial charge on any atom is -0.481 e. The molecule has 0 radical (unpaired) electrons. The highest BCUT2D eigenvalue weighted by molar-refractivity contribution is 5.90. The lowest BCUT2D eigenvalue weighted by atomic mass is 10.0. The van der Waals surface area contributed by atoms with Crippen LogP contribution in [0.4, 0.5) is 10.5 Å². The van der Waals surface area contributed by atoms with Crippen LogP contribution < -0.4 is 5.32 Å². The van der Waals surface area contributed by atoms with Crippen molar-refractivity contribution < 1.29 is 14.7 Å². The van der Waals surface area contributed by atoms with Crippen molar-refractivity contribution in [1.82, 2.24) is 4.90 Å². The monoisotopic (exact) mass is 290 g/mol. The van der Waals surface area contributed by atoms with E-state index in [-0.39, 0.29) is 12.5 Å². The van der Waals surface area contributed by atoms with E-state index < -0.39 is 5.97 Å². The van der Waals surface area contributed by atoms with Crippen LogP contribution in [0.3, 0.4) is 0 Å². The van der Waals surface area contributed by atoms with Crippen LogP contribution in [0.1, 0.15) is 31.7 Å². The van der Waals surface area contributed by atoms with E-state index in [1.165, 1.54) is 0 Å². The predicted molar refractivity (Wildman–Crippen MR) is 81.4 cm³/mol. The number of carboxylic acid groups (broad SMARTS) is 1. The molecule has 1 aliphatic heterocycles. The van der Waals surface area contributed by atoms with Crippen LogP contribution in [0.2, 0.25) is 0 Å². The largest absolute Gasteiger partial charge is 0.481 e. The second-order valence-electron chi connectivity index (χ2n) is 5.47. The highest BCUT2D eigenvalue weighted by atomic mass is 16.4. The average Bonchev–Trinajstić information content (AvgIpc) is 2.94. The van der Waals surface area contributed by atoms with Gasteiger partial charge < -0.3 is 15.3 Å². The zero-order valence-corrected chi connectivity index (χ0v) is 12.3. The maximum atomic E-state index is 12.3. The van der Waals surface area contributed by atoms with Crippen molar-refractivity contribution in [3.8, 4) is 0 Å². The third-order valence-electron chi connectivity index (χ3n) is 3.98. The van der Waals surface area contributed by atoms with Gasteiger partial charge in [0, 0.05) is 25.2 Å². The van der Waals surface area contributed by atoms with Crippen molar-refractivity contribution in [3.63, 3.8) is 0 Å². The van der Waals surface area contributed by atoms with E-state index in [1.54, 1.807) is 4.90 Å². The first-order valence-corrected chi connectivity index (χ1v) is 7.45. The van der Waals surface area contributed by atoms with Gasteiger partial charge in [0.15, 0.2) is 0 Å². The second-order valence-corrected chi connectivity index (χ2v) is 5.47.